The zero-order valence-corrected chi connectivity index (χ0v) is 21.9. The highest BCUT2D eigenvalue weighted by Gasteiger charge is 2.38. The van der Waals surface area contributed by atoms with Crippen LogP contribution in [0.1, 0.15) is 51.8 Å². The van der Waals surface area contributed by atoms with Crippen LogP contribution in [0.5, 0.6) is 0 Å². The molecule has 3 aromatic rings. The molecule has 1 aliphatic rings. The van der Waals surface area contributed by atoms with Gasteiger partial charge in [-0.15, -0.1) is 10.2 Å². The van der Waals surface area contributed by atoms with E-state index in [1.165, 1.54) is 0 Å². The predicted octanol–water partition coefficient (Wildman–Crippen LogP) is 4.45. The summed E-state index contributed by atoms with van der Waals surface area (Å²) in [4.78, 5) is 4.66. The third-order valence-corrected chi connectivity index (χ3v) is 8.28. The molecule has 0 aromatic carbocycles. The molecule has 0 radical (unpaired) electrons. The van der Waals surface area contributed by atoms with Crippen LogP contribution in [0.4, 0.5) is 0 Å². The van der Waals surface area contributed by atoms with Gasteiger partial charge in [-0.1, -0.05) is 33.0 Å². The molecule has 0 spiro atoms. The van der Waals surface area contributed by atoms with E-state index in [4.69, 9.17) is 9.47 Å². The van der Waals surface area contributed by atoms with E-state index in [9.17, 15) is 5.11 Å². The largest absolute Gasteiger partial charge is 0.388 e. The summed E-state index contributed by atoms with van der Waals surface area (Å²) in [5.74, 6) is 1.72. The number of hydrogen-bond acceptors (Lipinski definition) is 6. The maximum atomic E-state index is 10.1. The van der Waals surface area contributed by atoms with Gasteiger partial charge in [0.25, 0.3) is 0 Å². The van der Waals surface area contributed by atoms with Crippen molar-refractivity contribution in [3.63, 3.8) is 0 Å². The average Bonchev–Trinajstić information content (AvgIpc) is 3.43. The summed E-state index contributed by atoms with van der Waals surface area (Å²) < 4.78 is 16.3. The van der Waals surface area contributed by atoms with Crippen LogP contribution in [0.2, 0.25) is 25.7 Å². The fourth-order valence-electron chi connectivity index (χ4n) is 4.71. The van der Waals surface area contributed by atoms with Crippen molar-refractivity contribution < 1.29 is 14.6 Å². The van der Waals surface area contributed by atoms with E-state index in [1.807, 2.05) is 6.20 Å². The summed E-state index contributed by atoms with van der Waals surface area (Å²) in [5.41, 5.74) is 1.85. The fraction of sp³-hybridized carbons (Fsp3) is 0.708. The highest BCUT2D eigenvalue weighted by atomic mass is 28.3. The molecule has 33 heavy (non-hydrogen) atoms. The van der Waals surface area contributed by atoms with Crippen LogP contribution in [-0.2, 0) is 16.2 Å². The monoisotopic (exact) mass is 473 g/mol. The molecule has 0 aliphatic heterocycles. The Morgan fingerprint density at radius 1 is 1.21 bits per heavy atom. The summed E-state index contributed by atoms with van der Waals surface area (Å²) in [6.07, 6.45) is 6.89. The zero-order valence-electron chi connectivity index (χ0n) is 20.9. The van der Waals surface area contributed by atoms with Crippen molar-refractivity contribution in [3.05, 3.63) is 24.3 Å². The molecular formula is C24H39N5O3Si. The average molecular weight is 474 g/mol. The predicted molar refractivity (Wildman–Crippen MR) is 132 cm³/mol. The van der Waals surface area contributed by atoms with Gasteiger partial charge < -0.3 is 19.1 Å². The van der Waals surface area contributed by atoms with Crippen LogP contribution in [0, 0.1) is 5.92 Å². The quantitative estimate of drug-likeness (QED) is 0.346. The molecule has 0 bridgehead atoms. The Hall–Kier alpha value is -1.81. The Bertz CT molecular complexity index is 1080. The van der Waals surface area contributed by atoms with E-state index >= 15 is 0 Å². The number of ether oxygens (including phenoxy) is 2. The van der Waals surface area contributed by atoms with E-state index in [2.05, 4.69) is 56.8 Å². The number of aromatic nitrogens is 5. The molecule has 182 valence electrons. The second-order valence-corrected chi connectivity index (χ2v) is 17.0. The molecule has 4 rings (SSSR count). The van der Waals surface area contributed by atoms with Crippen molar-refractivity contribution in [2.24, 2.45) is 5.92 Å². The molecule has 1 saturated carbocycles. The molecule has 0 amide bonds. The molecular weight excluding hydrogens is 434 g/mol. The Labute approximate surface area is 197 Å². The first-order valence-corrected chi connectivity index (χ1v) is 15.9. The standard InChI is InChI=1S/C24H39N5O3Si/c1-7-17-12-18(32-15-24(2,3)30)13-19(17)22-27-26-21-14-25-23-20(29(21)22)8-9-28(23)16-31-10-11-33(4,5)6/h8-9,14,17-19,30H,7,10-13,15-16H2,1-6H3. The summed E-state index contributed by atoms with van der Waals surface area (Å²) in [6.45, 7) is 14.5. The van der Waals surface area contributed by atoms with Crippen molar-refractivity contribution in [2.75, 3.05) is 13.2 Å². The third-order valence-electron chi connectivity index (χ3n) is 6.58. The lowest BCUT2D eigenvalue weighted by Gasteiger charge is -2.20. The molecule has 3 heterocycles. The van der Waals surface area contributed by atoms with Crippen molar-refractivity contribution in [3.8, 4) is 0 Å². The minimum absolute atomic E-state index is 0.125. The number of aliphatic hydroxyl groups is 1. The lowest BCUT2D eigenvalue weighted by molar-refractivity contribution is -0.0518. The van der Waals surface area contributed by atoms with Gasteiger partial charge in [0, 0.05) is 26.8 Å². The lowest BCUT2D eigenvalue weighted by atomic mass is 9.93. The van der Waals surface area contributed by atoms with Crippen molar-refractivity contribution in [1.82, 2.24) is 24.1 Å². The summed E-state index contributed by atoms with van der Waals surface area (Å²) in [6, 6.07) is 3.23. The molecule has 8 nitrogen and oxygen atoms in total. The van der Waals surface area contributed by atoms with Crippen LogP contribution in [0.25, 0.3) is 16.8 Å². The molecule has 0 saturated heterocycles. The topological polar surface area (TPSA) is 86.7 Å². The highest BCUT2D eigenvalue weighted by molar-refractivity contribution is 6.76. The van der Waals surface area contributed by atoms with E-state index in [-0.39, 0.29) is 12.0 Å². The van der Waals surface area contributed by atoms with Gasteiger partial charge in [0.1, 0.15) is 12.6 Å². The van der Waals surface area contributed by atoms with Gasteiger partial charge in [0.05, 0.1) is 30.0 Å². The molecule has 3 aromatic heterocycles. The maximum Gasteiger partial charge on any atom is 0.179 e. The second kappa shape index (κ2) is 9.44. The molecule has 3 atom stereocenters. The van der Waals surface area contributed by atoms with Gasteiger partial charge in [-0.3, -0.25) is 4.40 Å². The number of hydrogen-bond donors (Lipinski definition) is 1. The third kappa shape index (κ3) is 5.64. The Balaban J connectivity index is 1.56. The molecule has 1 aliphatic carbocycles. The van der Waals surface area contributed by atoms with Crippen molar-refractivity contribution >= 4 is 24.9 Å². The molecule has 9 heteroatoms. The first kappa shape index (κ1) is 24.3. The van der Waals surface area contributed by atoms with Crippen molar-refractivity contribution in [1.29, 1.82) is 0 Å². The zero-order chi connectivity index (χ0) is 23.8. The van der Waals surface area contributed by atoms with Crippen LogP contribution < -0.4 is 0 Å². The van der Waals surface area contributed by atoms with E-state index in [0.717, 1.165) is 54.5 Å². The molecule has 1 N–H and O–H groups in total. The first-order chi connectivity index (χ1) is 15.6. The van der Waals surface area contributed by atoms with Crippen LogP contribution >= 0.6 is 0 Å². The summed E-state index contributed by atoms with van der Waals surface area (Å²) in [7, 11) is -1.11. The Morgan fingerprint density at radius 2 is 2.00 bits per heavy atom. The summed E-state index contributed by atoms with van der Waals surface area (Å²) >= 11 is 0. The van der Waals surface area contributed by atoms with E-state index in [1.54, 1.807) is 20.0 Å². The number of rotatable bonds is 10. The first-order valence-electron chi connectivity index (χ1n) is 12.2. The Kier molecular flexibility index (Phi) is 6.96. The smallest absolute Gasteiger partial charge is 0.179 e. The van der Waals surface area contributed by atoms with E-state index < -0.39 is 13.7 Å². The number of fused-ring (bicyclic) bond motifs is 3. The molecule has 3 unspecified atom stereocenters. The number of nitrogens with zero attached hydrogens (tertiary/aromatic N) is 5. The van der Waals surface area contributed by atoms with Crippen LogP contribution in [0.3, 0.4) is 0 Å². The minimum Gasteiger partial charge on any atom is -0.388 e. The van der Waals surface area contributed by atoms with Gasteiger partial charge in [0.2, 0.25) is 0 Å². The maximum absolute atomic E-state index is 10.1. The van der Waals surface area contributed by atoms with E-state index in [0.29, 0.717) is 19.3 Å². The highest BCUT2D eigenvalue weighted by Crippen LogP contribution is 2.42. The second-order valence-electron chi connectivity index (χ2n) is 11.3. The van der Waals surface area contributed by atoms with Crippen LogP contribution in [0.15, 0.2) is 18.5 Å². The van der Waals surface area contributed by atoms with Gasteiger partial charge in [-0.25, -0.2) is 4.98 Å². The van der Waals surface area contributed by atoms with Gasteiger partial charge in [0.15, 0.2) is 11.3 Å². The molecule has 1 fully saturated rings. The van der Waals surface area contributed by atoms with Crippen LogP contribution in [-0.4, -0.2) is 62.2 Å². The summed E-state index contributed by atoms with van der Waals surface area (Å²) in [5, 5.41) is 19.1. The SMILES string of the molecule is CCC1CC(OCC(C)(C)O)CC1c1nnc2cnc3c(ccn3COCC[Si](C)(C)C)n12. The van der Waals surface area contributed by atoms with Gasteiger partial charge in [-0.2, -0.15) is 0 Å². The minimum atomic E-state index is -1.11. The van der Waals surface area contributed by atoms with Gasteiger partial charge in [-0.05, 0) is 44.7 Å². The van der Waals surface area contributed by atoms with Gasteiger partial charge >= 0.3 is 0 Å². The Morgan fingerprint density at radius 3 is 2.70 bits per heavy atom. The van der Waals surface area contributed by atoms with Crippen molar-refractivity contribution in [2.45, 2.75) is 90.1 Å². The fourth-order valence-corrected chi connectivity index (χ4v) is 5.47. The lowest BCUT2D eigenvalue weighted by Crippen LogP contribution is -2.28. The normalized spacial score (nSPS) is 22.1.